The van der Waals surface area contributed by atoms with Crippen LogP contribution in [0.2, 0.25) is 0 Å². The molecule has 57 heavy (non-hydrogen) atoms. The van der Waals surface area contributed by atoms with Crippen LogP contribution in [-0.4, -0.2) is 37.2 Å². The lowest BCUT2D eigenvalue weighted by atomic mass is 10.1. The molecule has 0 fully saturated rings. The van der Waals surface area contributed by atoms with E-state index in [-0.39, 0.29) is 31.1 Å². The Morgan fingerprint density at radius 2 is 0.772 bits per heavy atom. The maximum absolute atomic E-state index is 12.7. The minimum Gasteiger partial charge on any atom is -0.462 e. The minimum absolute atomic E-state index is 0.101. The molecular formula is C51H84O6. The molecule has 324 valence electrons. The molecule has 0 saturated heterocycles. The van der Waals surface area contributed by atoms with E-state index in [4.69, 9.17) is 14.2 Å². The number of allylic oxidation sites excluding steroid dienone is 14. The van der Waals surface area contributed by atoms with Crippen molar-refractivity contribution in [3.8, 4) is 0 Å². The summed E-state index contributed by atoms with van der Waals surface area (Å²) in [4.78, 5) is 37.7. The van der Waals surface area contributed by atoms with Crippen molar-refractivity contribution in [2.45, 2.75) is 207 Å². The van der Waals surface area contributed by atoms with Gasteiger partial charge in [-0.1, -0.05) is 170 Å². The van der Waals surface area contributed by atoms with E-state index in [0.717, 1.165) is 109 Å². The molecule has 0 spiro atoms. The highest BCUT2D eigenvalue weighted by Gasteiger charge is 2.19. The number of hydrogen-bond acceptors (Lipinski definition) is 6. The number of ether oxygens (including phenoxy) is 3. The van der Waals surface area contributed by atoms with E-state index in [1.54, 1.807) is 0 Å². The second kappa shape index (κ2) is 45.3. The van der Waals surface area contributed by atoms with Gasteiger partial charge in [0.25, 0.3) is 0 Å². The Bertz CT molecular complexity index is 1140. The van der Waals surface area contributed by atoms with Crippen LogP contribution in [0.15, 0.2) is 85.1 Å². The highest BCUT2D eigenvalue weighted by atomic mass is 16.6. The SMILES string of the molecule is CC\C=C/C=C\C=C/CCCCCCCC(=O)OC(COC(=O)CCCC/C=C\C/C=C\CC)COC(=O)CCCCCCCCC/C=C\C/C=C\CCCCC. The summed E-state index contributed by atoms with van der Waals surface area (Å²) in [5.41, 5.74) is 0. The number of carbonyl (C=O) groups is 3. The predicted molar refractivity (Wildman–Crippen MR) is 242 cm³/mol. The van der Waals surface area contributed by atoms with Crippen molar-refractivity contribution in [2.75, 3.05) is 13.2 Å². The summed E-state index contributed by atoms with van der Waals surface area (Å²) in [5.74, 6) is -0.975. The van der Waals surface area contributed by atoms with Gasteiger partial charge in [0.05, 0.1) is 0 Å². The van der Waals surface area contributed by atoms with E-state index in [2.05, 4.69) is 99.8 Å². The van der Waals surface area contributed by atoms with Crippen LogP contribution in [0.3, 0.4) is 0 Å². The van der Waals surface area contributed by atoms with Crippen LogP contribution in [0.1, 0.15) is 201 Å². The molecule has 6 nitrogen and oxygen atoms in total. The van der Waals surface area contributed by atoms with Gasteiger partial charge in [0, 0.05) is 19.3 Å². The molecule has 0 aliphatic rings. The lowest BCUT2D eigenvalue weighted by Crippen LogP contribution is -2.30. The largest absolute Gasteiger partial charge is 0.462 e. The van der Waals surface area contributed by atoms with Crippen molar-refractivity contribution >= 4 is 17.9 Å². The molecule has 0 amide bonds. The first-order valence-electron chi connectivity index (χ1n) is 23.1. The third kappa shape index (κ3) is 43.6. The molecule has 0 rings (SSSR count). The van der Waals surface area contributed by atoms with Crippen molar-refractivity contribution in [3.63, 3.8) is 0 Å². The molecule has 0 aromatic rings. The first-order valence-corrected chi connectivity index (χ1v) is 23.1. The molecule has 1 unspecified atom stereocenters. The average molecular weight is 793 g/mol. The lowest BCUT2D eigenvalue weighted by molar-refractivity contribution is -0.167. The predicted octanol–water partition coefficient (Wildman–Crippen LogP) is 14.9. The Kier molecular flexibility index (Phi) is 42.6. The van der Waals surface area contributed by atoms with E-state index in [0.29, 0.717) is 19.3 Å². The quantitative estimate of drug-likeness (QED) is 0.0202. The summed E-state index contributed by atoms with van der Waals surface area (Å²) in [6, 6.07) is 0. The highest BCUT2D eigenvalue weighted by Crippen LogP contribution is 2.13. The van der Waals surface area contributed by atoms with E-state index in [1.165, 1.54) is 51.4 Å². The summed E-state index contributed by atoms with van der Waals surface area (Å²) in [6.45, 7) is 6.28. The maximum atomic E-state index is 12.7. The van der Waals surface area contributed by atoms with Gasteiger partial charge in [-0.25, -0.2) is 0 Å². The molecule has 0 heterocycles. The number of hydrogen-bond donors (Lipinski definition) is 0. The first-order chi connectivity index (χ1) is 28.0. The van der Waals surface area contributed by atoms with Crippen LogP contribution < -0.4 is 0 Å². The van der Waals surface area contributed by atoms with Gasteiger partial charge in [0.2, 0.25) is 0 Å². The minimum atomic E-state index is -0.801. The maximum Gasteiger partial charge on any atom is 0.306 e. The summed E-state index contributed by atoms with van der Waals surface area (Å²) in [7, 11) is 0. The van der Waals surface area contributed by atoms with Crippen LogP contribution >= 0.6 is 0 Å². The van der Waals surface area contributed by atoms with Gasteiger partial charge >= 0.3 is 17.9 Å². The van der Waals surface area contributed by atoms with E-state index >= 15 is 0 Å². The molecule has 0 saturated carbocycles. The average Bonchev–Trinajstić information content (AvgIpc) is 3.21. The summed E-state index contributed by atoms with van der Waals surface area (Å²) < 4.78 is 16.6. The number of esters is 3. The number of carbonyl (C=O) groups excluding carboxylic acids is 3. The second-order valence-electron chi connectivity index (χ2n) is 15.0. The monoisotopic (exact) mass is 793 g/mol. The Morgan fingerprint density at radius 3 is 1.28 bits per heavy atom. The van der Waals surface area contributed by atoms with Gasteiger partial charge in [-0.15, -0.1) is 0 Å². The molecule has 0 aliphatic heterocycles. The molecule has 1 atom stereocenters. The van der Waals surface area contributed by atoms with Crippen LogP contribution in [-0.2, 0) is 28.6 Å². The fourth-order valence-corrected chi connectivity index (χ4v) is 5.98. The lowest BCUT2D eigenvalue weighted by Gasteiger charge is -2.18. The molecule has 0 N–H and O–H groups in total. The van der Waals surface area contributed by atoms with E-state index in [9.17, 15) is 14.4 Å². The van der Waals surface area contributed by atoms with E-state index < -0.39 is 6.10 Å². The van der Waals surface area contributed by atoms with Crippen molar-refractivity contribution in [1.29, 1.82) is 0 Å². The van der Waals surface area contributed by atoms with Gasteiger partial charge in [-0.05, 0) is 96.3 Å². The van der Waals surface area contributed by atoms with Crippen LogP contribution in [0.5, 0.6) is 0 Å². The van der Waals surface area contributed by atoms with Gasteiger partial charge in [0.15, 0.2) is 6.10 Å². The number of rotatable bonds is 40. The Hall–Kier alpha value is -3.41. The summed E-state index contributed by atoms with van der Waals surface area (Å²) >= 11 is 0. The van der Waals surface area contributed by atoms with Gasteiger partial charge in [0.1, 0.15) is 13.2 Å². The molecule has 0 aromatic carbocycles. The van der Waals surface area contributed by atoms with Crippen LogP contribution in [0, 0.1) is 0 Å². The molecule has 0 aromatic heterocycles. The zero-order valence-electron chi connectivity index (χ0n) is 36.8. The molecule has 6 heteroatoms. The third-order valence-electron chi connectivity index (χ3n) is 9.43. The van der Waals surface area contributed by atoms with Crippen molar-refractivity contribution in [3.05, 3.63) is 85.1 Å². The number of unbranched alkanes of at least 4 members (excludes halogenated alkanes) is 17. The molecular weight excluding hydrogens is 709 g/mol. The van der Waals surface area contributed by atoms with Crippen molar-refractivity contribution in [1.82, 2.24) is 0 Å². The molecule has 0 aliphatic carbocycles. The van der Waals surface area contributed by atoms with Gasteiger partial charge in [-0.2, -0.15) is 0 Å². The first kappa shape index (κ1) is 53.6. The topological polar surface area (TPSA) is 78.9 Å². The zero-order chi connectivity index (χ0) is 41.5. The highest BCUT2D eigenvalue weighted by molar-refractivity contribution is 5.71. The van der Waals surface area contributed by atoms with E-state index in [1.807, 2.05) is 6.08 Å². The Labute approximate surface area is 350 Å². The third-order valence-corrected chi connectivity index (χ3v) is 9.43. The Balaban J connectivity index is 4.41. The fourth-order valence-electron chi connectivity index (χ4n) is 5.98. The van der Waals surface area contributed by atoms with Gasteiger partial charge < -0.3 is 14.2 Å². The summed E-state index contributed by atoms with van der Waals surface area (Å²) in [5, 5.41) is 0. The Morgan fingerprint density at radius 1 is 0.386 bits per heavy atom. The smallest absolute Gasteiger partial charge is 0.306 e. The summed E-state index contributed by atoms with van der Waals surface area (Å²) in [6.07, 6.45) is 57.2. The second-order valence-corrected chi connectivity index (χ2v) is 15.0. The molecule has 0 radical (unpaired) electrons. The molecule has 0 bridgehead atoms. The van der Waals surface area contributed by atoms with Crippen molar-refractivity contribution < 1.29 is 28.6 Å². The zero-order valence-corrected chi connectivity index (χ0v) is 36.8. The standard InChI is InChI=1S/C51H84O6/c1-4-7-10-13-16-19-21-23-24-25-26-28-29-32-35-38-41-44-50(53)56-47-48(46-55-49(52)43-40-37-34-31-18-15-12-9-6-3)57-51(54)45-42-39-36-33-30-27-22-20-17-14-11-8-5-2/h8-9,11-12,14,16-20,22-24,31,48H,4-7,10,13,15,21,25-30,32-47H2,1-3H3/b11-8-,12-9-,17-14-,19-16-,22-20-,24-23-,31-18-. The van der Waals surface area contributed by atoms with Crippen LogP contribution in [0.25, 0.3) is 0 Å². The fraction of sp³-hybridized carbons (Fsp3) is 0.667. The normalized spacial score (nSPS) is 12.8. The van der Waals surface area contributed by atoms with Crippen molar-refractivity contribution in [2.24, 2.45) is 0 Å². The van der Waals surface area contributed by atoms with Gasteiger partial charge in [-0.3, -0.25) is 14.4 Å². The van der Waals surface area contributed by atoms with Crippen LogP contribution in [0.4, 0.5) is 0 Å².